The third-order valence-electron chi connectivity index (χ3n) is 6.57. The van der Waals surface area contributed by atoms with Crippen LogP contribution in [-0.4, -0.2) is 87.0 Å². The average Bonchev–Trinajstić information content (AvgIpc) is 2.84. The molecule has 0 amide bonds. The molecule has 9 heteroatoms. The van der Waals surface area contributed by atoms with Gasteiger partial charge in [0.2, 0.25) is 10.0 Å². The number of anilines is 2. The van der Waals surface area contributed by atoms with Gasteiger partial charge in [0, 0.05) is 63.8 Å². The molecular weight excluding hydrogens is 436 g/mol. The summed E-state index contributed by atoms with van der Waals surface area (Å²) in [6, 6.07) is 15.2. The van der Waals surface area contributed by atoms with E-state index in [0.717, 1.165) is 54.4 Å². The van der Waals surface area contributed by atoms with Gasteiger partial charge in [0.1, 0.15) is 17.5 Å². The smallest absolute Gasteiger partial charge is 0.243 e. The van der Waals surface area contributed by atoms with Crippen LogP contribution in [0.2, 0.25) is 0 Å². The van der Waals surface area contributed by atoms with Crippen LogP contribution in [0.5, 0.6) is 0 Å². The highest BCUT2D eigenvalue weighted by Crippen LogP contribution is 2.27. The van der Waals surface area contributed by atoms with Crippen LogP contribution in [0.1, 0.15) is 5.82 Å². The van der Waals surface area contributed by atoms with Crippen molar-refractivity contribution in [1.82, 2.24) is 19.2 Å². The topological polar surface area (TPSA) is 72.9 Å². The van der Waals surface area contributed by atoms with E-state index in [-0.39, 0.29) is 0 Å². The zero-order valence-corrected chi connectivity index (χ0v) is 20.0. The first-order chi connectivity index (χ1) is 15.9. The van der Waals surface area contributed by atoms with Crippen LogP contribution in [0.15, 0.2) is 53.4 Å². The Balaban J connectivity index is 1.33. The van der Waals surface area contributed by atoms with Crippen molar-refractivity contribution >= 4 is 32.4 Å². The molecule has 0 N–H and O–H groups in total. The molecule has 0 spiro atoms. The van der Waals surface area contributed by atoms with Crippen molar-refractivity contribution < 1.29 is 8.42 Å². The van der Waals surface area contributed by atoms with Gasteiger partial charge in [-0.25, -0.2) is 18.4 Å². The molecule has 8 nitrogen and oxygen atoms in total. The van der Waals surface area contributed by atoms with Crippen molar-refractivity contribution in [3.8, 4) is 0 Å². The molecule has 0 bridgehead atoms. The first-order valence-electron chi connectivity index (χ1n) is 11.4. The van der Waals surface area contributed by atoms with Gasteiger partial charge in [0.05, 0.1) is 4.90 Å². The van der Waals surface area contributed by atoms with E-state index in [9.17, 15) is 8.42 Å². The summed E-state index contributed by atoms with van der Waals surface area (Å²) in [5.74, 6) is 2.57. The predicted octanol–water partition coefficient (Wildman–Crippen LogP) is 2.20. The summed E-state index contributed by atoms with van der Waals surface area (Å²) >= 11 is 0. The summed E-state index contributed by atoms with van der Waals surface area (Å²) in [6.07, 6.45) is 0. The molecule has 174 valence electrons. The SMILES string of the molecule is Cc1nc(N2CCN(C)CC2)cc(N2CCN(S(=O)(=O)c3cccc4ccccc34)CC2)n1. The van der Waals surface area contributed by atoms with Gasteiger partial charge in [0.25, 0.3) is 0 Å². The van der Waals surface area contributed by atoms with Gasteiger partial charge >= 0.3 is 0 Å². The third kappa shape index (κ3) is 4.40. The number of rotatable bonds is 4. The standard InChI is InChI=1S/C24H30N6O2S/c1-19-25-23(28-12-10-27(2)11-13-28)18-24(26-19)29-14-16-30(17-15-29)33(31,32)22-9-5-7-20-6-3-4-8-21(20)22/h3-9,18H,10-17H2,1-2H3. The van der Waals surface area contributed by atoms with Crippen LogP contribution >= 0.6 is 0 Å². The Bertz CT molecular complexity index is 1240. The Morgan fingerprint density at radius 2 is 1.33 bits per heavy atom. The van der Waals surface area contributed by atoms with E-state index in [0.29, 0.717) is 31.1 Å². The molecule has 0 atom stereocenters. The summed E-state index contributed by atoms with van der Waals surface area (Å²) in [5, 5.41) is 1.70. The van der Waals surface area contributed by atoms with E-state index in [1.165, 1.54) is 0 Å². The van der Waals surface area contributed by atoms with Gasteiger partial charge in [-0.15, -0.1) is 0 Å². The second kappa shape index (κ2) is 8.89. The highest BCUT2D eigenvalue weighted by atomic mass is 32.2. The molecule has 0 radical (unpaired) electrons. The number of hydrogen-bond donors (Lipinski definition) is 0. The lowest BCUT2D eigenvalue weighted by Crippen LogP contribution is -2.49. The minimum atomic E-state index is -3.57. The molecule has 5 rings (SSSR count). The molecule has 0 aliphatic carbocycles. The number of hydrogen-bond acceptors (Lipinski definition) is 7. The summed E-state index contributed by atoms with van der Waals surface area (Å²) in [5.41, 5.74) is 0. The Labute approximate surface area is 195 Å². The molecule has 0 saturated carbocycles. The van der Waals surface area contributed by atoms with Crippen LogP contribution < -0.4 is 9.80 Å². The highest BCUT2D eigenvalue weighted by molar-refractivity contribution is 7.89. The van der Waals surface area contributed by atoms with E-state index >= 15 is 0 Å². The lowest BCUT2D eigenvalue weighted by atomic mass is 10.1. The molecular formula is C24H30N6O2S. The van der Waals surface area contributed by atoms with Crippen molar-refractivity contribution in [2.45, 2.75) is 11.8 Å². The fourth-order valence-corrected chi connectivity index (χ4v) is 6.25. The maximum Gasteiger partial charge on any atom is 0.243 e. The molecule has 0 unspecified atom stereocenters. The summed E-state index contributed by atoms with van der Waals surface area (Å²) < 4.78 is 28.5. The molecule has 2 fully saturated rings. The zero-order chi connectivity index (χ0) is 23.0. The van der Waals surface area contributed by atoms with Gasteiger partial charge in [-0.3, -0.25) is 0 Å². The van der Waals surface area contributed by atoms with Crippen LogP contribution in [0.25, 0.3) is 10.8 Å². The van der Waals surface area contributed by atoms with Crippen molar-refractivity contribution in [3.05, 3.63) is 54.4 Å². The van der Waals surface area contributed by atoms with Crippen LogP contribution in [0, 0.1) is 6.92 Å². The Kier molecular flexibility index (Phi) is 5.94. The monoisotopic (exact) mass is 466 g/mol. The van der Waals surface area contributed by atoms with Crippen LogP contribution in [0.3, 0.4) is 0 Å². The quantitative estimate of drug-likeness (QED) is 0.584. The molecule has 2 saturated heterocycles. The zero-order valence-electron chi connectivity index (χ0n) is 19.2. The number of aromatic nitrogens is 2. The lowest BCUT2D eigenvalue weighted by molar-refractivity contribution is 0.312. The summed E-state index contributed by atoms with van der Waals surface area (Å²) in [4.78, 5) is 16.5. The first-order valence-corrected chi connectivity index (χ1v) is 12.9. The van der Waals surface area contributed by atoms with E-state index in [1.54, 1.807) is 10.4 Å². The minimum absolute atomic E-state index is 0.379. The molecule has 2 aliphatic heterocycles. The second-order valence-electron chi connectivity index (χ2n) is 8.79. The number of nitrogens with zero attached hydrogens (tertiary/aromatic N) is 6. The number of piperazine rings is 2. The van der Waals surface area contributed by atoms with E-state index in [1.807, 2.05) is 49.4 Å². The third-order valence-corrected chi connectivity index (χ3v) is 8.53. The molecule has 1 aromatic heterocycles. The average molecular weight is 467 g/mol. The van der Waals surface area contributed by atoms with E-state index < -0.39 is 10.0 Å². The Hall–Kier alpha value is -2.75. The van der Waals surface area contributed by atoms with Gasteiger partial charge in [-0.05, 0) is 25.4 Å². The number of likely N-dealkylation sites (N-methyl/N-ethyl adjacent to an activating group) is 1. The fourth-order valence-electron chi connectivity index (χ4n) is 4.61. The first kappa shape index (κ1) is 22.1. The van der Waals surface area contributed by atoms with Crippen molar-refractivity contribution in [2.24, 2.45) is 0 Å². The number of fused-ring (bicyclic) bond motifs is 1. The van der Waals surface area contributed by atoms with E-state index in [2.05, 4.69) is 31.7 Å². The maximum absolute atomic E-state index is 13.5. The normalized spacial score (nSPS) is 18.7. The largest absolute Gasteiger partial charge is 0.354 e. The van der Waals surface area contributed by atoms with Crippen molar-refractivity contribution in [2.75, 3.05) is 69.2 Å². The van der Waals surface area contributed by atoms with Crippen molar-refractivity contribution in [1.29, 1.82) is 0 Å². The predicted molar refractivity (Wildman–Crippen MR) is 131 cm³/mol. The van der Waals surface area contributed by atoms with Gasteiger partial charge in [-0.2, -0.15) is 4.31 Å². The highest BCUT2D eigenvalue weighted by Gasteiger charge is 2.30. The summed E-state index contributed by atoms with van der Waals surface area (Å²) in [6.45, 7) is 7.91. The second-order valence-corrected chi connectivity index (χ2v) is 10.7. The fraction of sp³-hybridized carbons (Fsp3) is 0.417. The number of benzene rings is 2. The number of aryl methyl sites for hydroxylation is 1. The van der Waals surface area contributed by atoms with Crippen LogP contribution in [0.4, 0.5) is 11.6 Å². The van der Waals surface area contributed by atoms with Crippen molar-refractivity contribution in [3.63, 3.8) is 0 Å². The number of sulfonamides is 1. The Morgan fingerprint density at radius 1 is 0.758 bits per heavy atom. The summed E-state index contributed by atoms with van der Waals surface area (Å²) in [7, 11) is -1.43. The van der Waals surface area contributed by atoms with Gasteiger partial charge in [-0.1, -0.05) is 36.4 Å². The van der Waals surface area contributed by atoms with Gasteiger partial charge < -0.3 is 14.7 Å². The van der Waals surface area contributed by atoms with Gasteiger partial charge in [0.15, 0.2) is 0 Å². The lowest BCUT2D eigenvalue weighted by Gasteiger charge is -2.36. The molecule has 2 aromatic carbocycles. The maximum atomic E-state index is 13.5. The molecule has 33 heavy (non-hydrogen) atoms. The Morgan fingerprint density at radius 3 is 2.00 bits per heavy atom. The minimum Gasteiger partial charge on any atom is -0.354 e. The molecule has 3 aromatic rings. The molecule has 2 aliphatic rings. The molecule has 3 heterocycles. The van der Waals surface area contributed by atoms with E-state index in [4.69, 9.17) is 0 Å². The van der Waals surface area contributed by atoms with Crippen LogP contribution in [-0.2, 0) is 10.0 Å².